The van der Waals surface area contributed by atoms with Gasteiger partial charge in [0, 0.05) is 25.7 Å². The number of fused-ring (bicyclic) bond motifs is 1. The standard InChI is InChI=1S/C12H23N3O/c1-8(11(16)13-4)15-7-9-5-14-6-10(9)12(15,2)3/h8-10,14H,5-7H2,1-4H3,(H,13,16). The normalized spacial score (nSPS) is 34.8. The molecule has 3 unspecified atom stereocenters. The fourth-order valence-electron chi connectivity index (χ4n) is 3.46. The van der Waals surface area contributed by atoms with E-state index in [1.165, 1.54) is 0 Å². The summed E-state index contributed by atoms with van der Waals surface area (Å²) in [6.45, 7) is 9.78. The quantitative estimate of drug-likeness (QED) is 0.698. The van der Waals surface area contributed by atoms with E-state index in [-0.39, 0.29) is 17.5 Å². The van der Waals surface area contributed by atoms with Crippen LogP contribution in [0.2, 0.25) is 0 Å². The molecule has 2 aliphatic rings. The van der Waals surface area contributed by atoms with Crippen LogP contribution in [0, 0.1) is 11.8 Å². The van der Waals surface area contributed by atoms with Crippen molar-refractivity contribution in [3.05, 3.63) is 0 Å². The third kappa shape index (κ3) is 1.64. The average molecular weight is 225 g/mol. The summed E-state index contributed by atoms with van der Waals surface area (Å²) in [4.78, 5) is 14.1. The van der Waals surface area contributed by atoms with Gasteiger partial charge in [0.05, 0.1) is 6.04 Å². The molecule has 4 heteroatoms. The third-order valence-corrected chi connectivity index (χ3v) is 4.51. The summed E-state index contributed by atoms with van der Waals surface area (Å²) in [5, 5.41) is 6.20. The van der Waals surface area contributed by atoms with E-state index in [9.17, 15) is 4.79 Å². The van der Waals surface area contributed by atoms with Gasteiger partial charge in [-0.15, -0.1) is 0 Å². The summed E-state index contributed by atoms with van der Waals surface area (Å²) in [7, 11) is 1.71. The Hall–Kier alpha value is -0.610. The highest BCUT2D eigenvalue weighted by molar-refractivity contribution is 5.81. The van der Waals surface area contributed by atoms with Gasteiger partial charge in [-0.25, -0.2) is 0 Å². The predicted molar refractivity (Wildman–Crippen MR) is 64.2 cm³/mol. The molecule has 4 nitrogen and oxygen atoms in total. The van der Waals surface area contributed by atoms with Crippen molar-refractivity contribution in [1.29, 1.82) is 0 Å². The summed E-state index contributed by atoms with van der Waals surface area (Å²) in [6, 6.07) is -0.0226. The second-order valence-electron chi connectivity index (χ2n) is 5.62. The molecule has 0 aromatic rings. The van der Waals surface area contributed by atoms with E-state index in [1.807, 2.05) is 6.92 Å². The maximum absolute atomic E-state index is 11.7. The Bertz CT molecular complexity index is 290. The van der Waals surface area contributed by atoms with Crippen molar-refractivity contribution in [3.63, 3.8) is 0 Å². The van der Waals surface area contributed by atoms with Crippen molar-refractivity contribution in [2.75, 3.05) is 26.7 Å². The van der Waals surface area contributed by atoms with E-state index in [0.717, 1.165) is 19.6 Å². The van der Waals surface area contributed by atoms with Crippen LogP contribution in [-0.2, 0) is 4.79 Å². The van der Waals surface area contributed by atoms with Gasteiger partial charge in [-0.3, -0.25) is 9.69 Å². The van der Waals surface area contributed by atoms with Gasteiger partial charge in [0.2, 0.25) is 5.91 Å². The molecular formula is C12H23N3O. The smallest absolute Gasteiger partial charge is 0.236 e. The first-order valence-corrected chi connectivity index (χ1v) is 6.17. The molecule has 16 heavy (non-hydrogen) atoms. The minimum absolute atomic E-state index is 0.0226. The number of hydrogen-bond acceptors (Lipinski definition) is 3. The molecule has 2 rings (SSSR count). The molecule has 2 N–H and O–H groups in total. The van der Waals surface area contributed by atoms with Crippen molar-refractivity contribution in [3.8, 4) is 0 Å². The molecule has 0 aliphatic carbocycles. The van der Waals surface area contributed by atoms with Crippen LogP contribution in [0.5, 0.6) is 0 Å². The van der Waals surface area contributed by atoms with E-state index in [0.29, 0.717) is 11.8 Å². The van der Waals surface area contributed by atoms with Crippen molar-refractivity contribution >= 4 is 5.91 Å². The van der Waals surface area contributed by atoms with Crippen LogP contribution in [-0.4, -0.2) is 49.1 Å². The lowest BCUT2D eigenvalue weighted by atomic mass is 9.84. The van der Waals surface area contributed by atoms with Crippen molar-refractivity contribution in [1.82, 2.24) is 15.5 Å². The van der Waals surface area contributed by atoms with Crippen LogP contribution in [0.25, 0.3) is 0 Å². The van der Waals surface area contributed by atoms with Crippen molar-refractivity contribution in [2.24, 2.45) is 11.8 Å². The summed E-state index contributed by atoms with van der Waals surface area (Å²) in [5.41, 5.74) is 0.125. The van der Waals surface area contributed by atoms with E-state index in [1.54, 1.807) is 7.05 Å². The molecule has 3 atom stereocenters. The minimum atomic E-state index is -0.0226. The Kier molecular flexibility index (Phi) is 2.97. The first-order chi connectivity index (χ1) is 7.48. The summed E-state index contributed by atoms with van der Waals surface area (Å²) >= 11 is 0. The Labute approximate surface area is 97.8 Å². The molecule has 2 fully saturated rings. The first kappa shape index (κ1) is 11.9. The zero-order valence-corrected chi connectivity index (χ0v) is 10.7. The van der Waals surface area contributed by atoms with Crippen LogP contribution in [0.1, 0.15) is 20.8 Å². The SMILES string of the molecule is CNC(=O)C(C)N1CC2CNCC2C1(C)C. The topological polar surface area (TPSA) is 44.4 Å². The summed E-state index contributed by atoms with van der Waals surface area (Å²) in [5.74, 6) is 1.52. The number of likely N-dealkylation sites (N-methyl/N-ethyl adjacent to an activating group) is 1. The molecule has 0 spiro atoms. The lowest BCUT2D eigenvalue weighted by Gasteiger charge is -2.38. The Morgan fingerprint density at radius 3 is 2.75 bits per heavy atom. The Morgan fingerprint density at radius 1 is 1.50 bits per heavy atom. The van der Waals surface area contributed by atoms with Gasteiger partial charge in [-0.1, -0.05) is 0 Å². The van der Waals surface area contributed by atoms with Crippen molar-refractivity contribution < 1.29 is 4.79 Å². The number of likely N-dealkylation sites (tertiary alicyclic amines) is 1. The monoisotopic (exact) mass is 225 g/mol. The van der Waals surface area contributed by atoms with Crippen LogP contribution >= 0.6 is 0 Å². The molecule has 92 valence electrons. The highest BCUT2D eigenvalue weighted by Gasteiger charge is 2.51. The van der Waals surface area contributed by atoms with Crippen LogP contribution in [0.3, 0.4) is 0 Å². The first-order valence-electron chi connectivity index (χ1n) is 6.17. The highest BCUT2D eigenvalue weighted by atomic mass is 16.2. The Morgan fingerprint density at radius 2 is 2.19 bits per heavy atom. The zero-order valence-electron chi connectivity index (χ0n) is 10.7. The van der Waals surface area contributed by atoms with Gasteiger partial charge in [0.1, 0.15) is 0 Å². The lowest BCUT2D eigenvalue weighted by molar-refractivity contribution is -0.127. The zero-order chi connectivity index (χ0) is 11.9. The van der Waals surface area contributed by atoms with Gasteiger partial charge < -0.3 is 10.6 Å². The van der Waals surface area contributed by atoms with Gasteiger partial charge in [0.25, 0.3) is 0 Å². The van der Waals surface area contributed by atoms with Gasteiger partial charge in [-0.05, 0) is 39.2 Å². The van der Waals surface area contributed by atoms with Crippen molar-refractivity contribution in [2.45, 2.75) is 32.4 Å². The fourth-order valence-corrected chi connectivity index (χ4v) is 3.46. The van der Waals surface area contributed by atoms with E-state index in [2.05, 4.69) is 29.4 Å². The molecule has 1 amide bonds. The van der Waals surface area contributed by atoms with E-state index < -0.39 is 0 Å². The van der Waals surface area contributed by atoms with E-state index >= 15 is 0 Å². The third-order valence-electron chi connectivity index (χ3n) is 4.51. The minimum Gasteiger partial charge on any atom is -0.358 e. The second-order valence-corrected chi connectivity index (χ2v) is 5.62. The maximum atomic E-state index is 11.7. The molecule has 0 radical (unpaired) electrons. The van der Waals surface area contributed by atoms with E-state index in [4.69, 9.17) is 0 Å². The number of carbonyl (C=O) groups is 1. The predicted octanol–water partition coefficient (Wildman–Crippen LogP) is 0.0507. The molecule has 0 saturated carbocycles. The average Bonchev–Trinajstić information content (AvgIpc) is 2.79. The number of nitrogens with zero attached hydrogens (tertiary/aromatic N) is 1. The molecule has 0 bridgehead atoms. The van der Waals surface area contributed by atoms with Gasteiger partial charge in [-0.2, -0.15) is 0 Å². The Balaban J connectivity index is 2.15. The molecule has 0 aromatic heterocycles. The van der Waals surface area contributed by atoms with Crippen LogP contribution < -0.4 is 10.6 Å². The fraction of sp³-hybridized carbons (Fsp3) is 0.917. The number of rotatable bonds is 2. The largest absolute Gasteiger partial charge is 0.358 e. The van der Waals surface area contributed by atoms with Gasteiger partial charge in [0.15, 0.2) is 0 Å². The molecule has 2 aliphatic heterocycles. The summed E-state index contributed by atoms with van der Waals surface area (Å²) < 4.78 is 0. The number of amides is 1. The molecule has 2 saturated heterocycles. The number of carbonyl (C=O) groups excluding carboxylic acids is 1. The molecule has 0 aromatic carbocycles. The van der Waals surface area contributed by atoms with Crippen LogP contribution in [0.4, 0.5) is 0 Å². The summed E-state index contributed by atoms with van der Waals surface area (Å²) in [6.07, 6.45) is 0. The number of hydrogen-bond donors (Lipinski definition) is 2. The van der Waals surface area contributed by atoms with Crippen LogP contribution in [0.15, 0.2) is 0 Å². The lowest BCUT2D eigenvalue weighted by Crippen LogP contribution is -2.53. The highest BCUT2D eigenvalue weighted by Crippen LogP contribution is 2.41. The van der Waals surface area contributed by atoms with Gasteiger partial charge >= 0.3 is 0 Å². The second kappa shape index (κ2) is 4.00. The molecule has 2 heterocycles. The maximum Gasteiger partial charge on any atom is 0.236 e. The number of nitrogens with one attached hydrogen (secondary N) is 2. The molecular weight excluding hydrogens is 202 g/mol.